The van der Waals surface area contributed by atoms with Crippen LogP contribution >= 0.6 is 0 Å². The van der Waals surface area contributed by atoms with Crippen molar-refractivity contribution < 1.29 is 37.3 Å². The highest BCUT2D eigenvalue weighted by atomic mass is 19.2. The topological polar surface area (TPSA) is 87.0 Å². The van der Waals surface area contributed by atoms with E-state index in [1.165, 1.54) is 24.3 Å². The molecule has 0 spiro atoms. The Labute approximate surface area is 258 Å². The molecule has 1 amide bonds. The van der Waals surface area contributed by atoms with E-state index in [2.05, 4.69) is 5.32 Å². The van der Waals surface area contributed by atoms with E-state index in [0.717, 1.165) is 25.0 Å². The number of ether oxygens (including phenoxy) is 1. The Hall–Kier alpha value is -3.77. The van der Waals surface area contributed by atoms with Gasteiger partial charge in [-0.05, 0) is 78.9 Å². The van der Waals surface area contributed by atoms with Gasteiger partial charge in [-0.2, -0.15) is 0 Å². The number of carbonyl (C=O) groups is 1. The highest BCUT2D eigenvalue weighted by Crippen LogP contribution is 2.43. The number of amides is 1. The predicted octanol–water partition coefficient (Wildman–Crippen LogP) is 4.61. The van der Waals surface area contributed by atoms with Crippen LogP contribution in [0.25, 0.3) is 10.9 Å². The van der Waals surface area contributed by atoms with Crippen molar-refractivity contribution in [3.05, 3.63) is 107 Å². The van der Waals surface area contributed by atoms with Crippen molar-refractivity contribution in [2.24, 2.45) is 5.92 Å². The van der Waals surface area contributed by atoms with E-state index in [1.807, 2.05) is 4.57 Å². The van der Waals surface area contributed by atoms with Crippen molar-refractivity contribution in [2.75, 3.05) is 26.3 Å². The summed E-state index contributed by atoms with van der Waals surface area (Å²) >= 11 is 0. The van der Waals surface area contributed by atoms with Gasteiger partial charge < -0.3 is 29.7 Å². The van der Waals surface area contributed by atoms with E-state index in [4.69, 9.17) is 4.74 Å². The van der Waals surface area contributed by atoms with E-state index in [9.17, 15) is 28.2 Å². The minimum atomic E-state index is -1.43. The van der Waals surface area contributed by atoms with Gasteiger partial charge in [0.2, 0.25) is 5.91 Å². The third kappa shape index (κ3) is 6.35. The van der Waals surface area contributed by atoms with Crippen LogP contribution in [0.3, 0.4) is 0 Å². The lowest BCUT2D eigenvalue weighted by Gasteiger charge is -2.45. The number of hydrogen-bond acceptors (Lipinski definition) is 5. The molecule has 2 aliphatic rings. The van der Waals surface area contributed by atoms with Crippen LogP contribution < -0.4 is 5.32 Å². The van der Waals surface area contributed by atoms with Crippen LogP contribution in [0.5, 0.6) is 0 Å². The summed E-state index contributed by atoms with van der Waals surface area (Å²) < 4.78 is 65.9. The molecule has 1 saturated heterocycles. The van der Waals surface area contributed by atoms with Gasteiger partial charge in [-0.1, -0.05) is 24.3 Å². The summed E-state index contributed by atoms with van der Waals surface area (Å²) in [5.41, 5.74) is 0.703. The van der Waals surface area contributed by atoms with Crippen LogP contribution in [0, 0.1) is 29.2 Å². The normalized spacial score (nSPS) is 20.8. The molecule has 3 N–H and O–H groups in total. The second kappa shape index (κ2) is 12.9. The average Bonchev–Trinajstić information content (AvgIpc) is 3.82. The number of piperidine rings is 1. The van der Waals surface area contributed by atoms with Crippen molar-refractivity contribution in [1.29, 1.82) is 0 Å². The lowest BCUT2D eigenvalue weighted by molar-refractivity contribution is -0.167. The third-order valence-electron chi connectivity index (χ3n) is 8.82. The summed E-state index contributed by atoms with van der Waals surface area (Å²) in [7, 11) is 0. The van der Waals surface area contributed by atoms with Gasteiger partial charge in [0, 0.05) is 37.3 Å². The molecule has 2 heterocycles. The van der Waals surface area contributed by atoms with Crippen LogP contribution in [-0.2, 0) is 28.2 Å². The molecule has 3 atom stereocenters. The van der Waals surface area contributed by atoms with Gasteiger partial charge in [0.1, 0.15) is 23.3 Å². The second-order valence-electron chi connectivity index (χ2n) is 11.9. The van der Waals surface area contributed by atoms with E-state index < -0.39 is 41.7 Å². The average molecular weight is 626 g/mol. The second-order valence-corrected chi connectivity index (χ2v) is 11.9. The zero-order valence-corrected chi connectivity index (χ0v) is 24.6. The molecule has 45 heavy (non-hydrogen) atoms. The maximum Gasteiger partial charge on any atom is 0.230 e. The first-order valence-corrected chi connectivity index (χ1v) is 15.1. The first kappa shape index (κ1) is 31.2. The number of nitrogens with one attached hydrogen (secondary N) is 1. The largest absolute Gasteiger partial charge is 0.394 e. The van der Waals surface area contributed by atoms with Crippen LogP contribution in [0.1, 0.15) is 36.0 Å². The Morgan fingerprint density at radius 2 is 1.84 bits per heavy atom. The lowest BCUT2D eigenvalue weighted by atomic mass is 9.75. The molecule has 0 radical (unpaired) electrons. The number of aliphatic hydroxyl groups excluding tert-OH is 2. The number of carbonyl (C=O) groups excluding carboxylic acids is 1. The Bertz CT molecular complexity index is 1690. The first-order chi connectivity index (χ1) is 21.7. The van der Waals surface area contributed by atoms with Gasteiger partial charge in [0.05, 0.1) is 24.6 Å². The Kier molecular flexibility index (Phi) is 8.96. The fraction of sp³-hybridized carbons (Fsp3) is 0.382. The smallest absolute Gasteiger partial charge is 0.230 e. The number of aromatic nitrogens is 1. The molecular weight excluding hydrogens is 590 g/mol. The van der Waals surface area contributed by atoms with Crippen LogP contribution in [0.15, 0.2) is 66.9 Å². The Morgan fingerprint density at radius 1 is 1.04 bits per heavy atom. The molecule has 6 rings (SSSR count). The summed E-state index contributed by atoms with van der Waals surface area (Å²) in [6.07, 6.45) is 2.26. The Morgan fingerprint density at radius 3 is 2.58 bits per heavy atom. The summed E-state index contributed by atoms with van der Waals surface area (Å²) in [6, 6.07) is 14.2. The van der Waals surface area contributed by atoms with E-state index >= 15 is 4.39 Å². The van der Waals surface area contributed by atoms with Crippen LogP contribution in [0.2, 0.25) is 0 Å². The number of halogens is 4. The zero-order valence-electron chi connectivity index (χ0n) is 24.6. The molecule has 7 nitrogen and oxygen atoms in total. The van der Waals surface area contributed by atoms with Gasteiger partial charge in [0.25, 0.3) is 0 Å². The Balaban J connectivity index is 1.37. The molecule has 1 unspecified atom stereocenters. The van der Waals surface area contributed by atoms with Gasteiger partial charge in [-0.3, -0.25) is 4.79 Å². The summed E-state index contributed by atoms with van der Waals surface area (Å²) in [5, 5.41) is 23.2. The van der Waals surface area contributed by atoms with Crippen molar-refractivity contribution in [1.82, 2.24) is 14.8 Å². The summed E-state index contributed by atoms with van der Waals surface area (Å²) in [4.78, 5) is 16.3. The van der Waals surface area contributed by atoms with Gasteiger partial charge in [-0.25, -0.2) is 17.6 Å². The fourth-order valence-corrected chi connectivity index (χ4v) is 6.44. The van der Waals surface area contributed by atoms with Crippen molar-refractivity contribution >= 4 is 16.8 Å². The number of benzene rings is 3. The van der Waals surface area contributed by atoms with Crippen LogP contribution in [-0.4, -0.2) is 64.0 Å². The fourth-order valence-electron chi connectivity index (χ4n) is 6.44. The summed E-state index contributed by atoms with van der Waals surface area (Å²) in [6.45, 7) is 0.0282. The van der Waals surface area contributed by atoms with Crippen molar-refractivity contribution in [2.45, 2.75) is 50.1 Å². The molecule has 2 fully saturated rings. The maximum atomic E-state index is 15.4. The monoisotopic (exact) mass is 625 g/mol. The SMILES string of the molecule is O=C([C@H]1CNCC[C@]1(OCC(O)CO)c1ccc(F)c(F)c1)N(Cc1cn(Cc2cccc(F)c2)c2cccc(F)c12)C1CC1. The molecule has 11 heteroatoms. The maximum absolute atomic E-state index is 15.4. The highest BCUT2D eigenvalue weighted by Gasteiger charge is 2.50. The molecule has 4 aromatic rings. The molecule has 238 valence electrons. The minimum absolute atomic E-state index is 0.0840. The third-order valence-corrected chi connectivity index (χ3v) is 8.82. The van der Waals surface area contributed by atoms with Gasteiger partial charge in [-0.15, -0.1) is 0 Å². The van der Waals surface area contributed by atoms with Crippen molar-refractivity contribution in [3.8, 4) is 0 Å². The standard InChI is InChI=1S/C34H35F4N3O4/c35-24-4-1-3-21(13-24)16-40-17-22(32-29(37)5-2-6-31(32)40)18-41(25-8-9-25)33(44)27-15-39-12-11-34(27,45-20-26(43)19-42)23-7-10-28(36)30(38)14-23/h1-7,10,13-14,17,25-27,39,42-43H,8-9,11-12,15-16,18-20H2/t26?,27-,34+/m1/s1. The van der Waals surface area contributed by atoms with Gasteiger partial charge in [0.15, 0.2) is 11.6 Å². The van der Waals surface area contributed by atoms with E-state index in [1.54, 1.807) is 35.4 Å². The predicted molar refractivity (Wildman–Crippen MR) is 159 cm³/mol. The minimum Gasteiger partial charge on any atom is -0.394 e. The number of rotatable bonds is 11. The molecule has 0 bridgehead atoms. The van der Waals surface area contributed by atoms with Gasteiger partial charge >= 0.3 is 0 Å². The highest BCUT2D eigenvalue weighted by molar-refractivity contribution is 5.86. The van der Waals surface area contributed by atoms with Crippen molar-refractivity contribution in [3.63, 3.8) is 0 Å². The molecule has 1 aliphatic carbocycles. The van der Waals surface area contributed by atoms with E-state index in [-0.39, 0.29) is 49.4 Å². The number of aliphatic hydroxyl groups is 2. The summed E-state index contributed by atoms with van der Waals surface area (Å²) in [5.74, 6) is -4.18. The first-order valence-electron chi connectivity index (χ1n) is 15.1. The number of hydrogen-bond donors (Lipinski definition) is 3. The molecule has 3 aromatic carbocycles. The molecule has 1 aliphatic heterocycles. The van der Waals surface area contributed by atoms with E-state index in [0.29, 0.717) is 35.1 Å². The quantitative estimate of drug-likeness (QED) is 0.212. The lowest BCUT2D eigenvalue weighted by Crippen LogP contribution is -2.57. The number of nitrogens with zero attached hydrogens (tertiary/aromatic N) is 2. The molecule has 1 aromatic heterocycles. The number of fused-ring (bicyclic) bond motifs is 1. The zero-order chi connectivity index (χ0) is 31.7. The molecule has 1 saturated carbocycles. The molecular formula is C34H35F4N3O4. The van der Waals surface area contributed by atoms with Crippen LogP contribution in [0.4, 0.5) is 17.6 Å².